The normalized spacial score (nSPS) is 17.1. The Labute approximate surface area is 155 Å². The van der Waals surface area contributed by atoms with Crippen LogP contribution in [0.4, 0.5) is 0 Å². The summed E-state index contributed by atoms with van der Waals surface area (Å²) in [5.41, 5.74) is 0.550. The third kappa shape index (κ3) is 3.55. The van der Waals surface area contributed by atoms with E-state index < -0.39 is 17.3 Å². The van der Waals surface area contributed by atoms with Crippen LogP contribution < -0.4 is 16.6 Å². The Balaban J connectivity index is 2.01. The number of aryl methyl sites for hydroxylation is 1. The summed E-state index contributed by atoms with van der Waals surface area (Å²) in [6.07, 6.45) is 0. The molecule has 0 saturated carbocycles. The molecule has 1 aliphatic rings. The first kappa shape index (κ1) is 18.6. The Morgan fingerprint density at radius 1 is 1.19 bits per heavy atom. The van der Waals surface area contributed by atoms with Crippen molar-refractivity contribution in [3.8, 4) is 11.1 Å². The molecule has 0 radical (unpaired) electrons. The lowest BCUT2D eigenvalue weighted by atomic mass is 9.97. The number of H-pyrrole nitrogens is 2. The van der Waals surface area contributed by atoms with Gasteiger partial charge in [-0.2, -0.15) is 0 Å². The molecule has 3 N–H and O–H groups in total. The molecule has 8 heteroatoms. The molecule has 3 rings (SSSR count). The average Bonchev–Trinajstić information content (AvgIpc) is 2.60. The fraction of sp³-hybridized carbons (Fsp3) is 0.368. The van der Waals surface area contributed by atoms with Crippen LogP contribution in [0.1, 0.15) is 29.9 Å². The van der Waals surface area contributed by atoms with Crippen molar-refractivity contribution in [3.05, 3.63) is 56.4 Å². The van der Waals surface area contributed by atoms with Crippen LogP contribution in [0.15, 0.2) is 33.9 Å². The summed E-state index contributed by atoms with van der Waals surface area (Å²) in [4.78, 5) is 55.2. The van der Waals surface area contributed by atoms with Gasteiger partial charge in [-0.25, -0.2) is 4.79 Å². The minimum Gasteiger partial charge on any atom is -0.353 e. The molecule has 2 aromatic rings. The number of aromatic nitrogens is 2. The topological polar surface area (TPSA) is 115 Å². The quantitative estimate of drug-likeness (QED) is 0.735. The highest BCUT2D eigenvalue weighted by Crippen LogP contribution is 2.22. The van der Waals surface area contributed by atoms with Crippen LogP contribution in [0.5, 0.6) is 0 Å². The molecule has 1 aromatic heterocycles. The molecule has 0 aliphatic carbocycles. The van der Waals surface area contributed by atoms with Crippen LogP contribution in [-0.4, -0.2) is 45.8 Å². The van der Waals surface area contributed by atoms with Gasteiger partial charge in [0.1, 0.15) is 6.04 Å². The number of hydrogen-bond donors (Lipinski definition) is 3. The van der Waals surface area contributed by atoms with E-state index in [0.717, 1.165) is 0 Å². The van der Waals surface area contributed by atoms with Crippen molar-refractivity contribution >= 4 is 11.8 Å². The monoisotopic (exact) mass is 370 g/mol. The maximum atomic E-state index is 13.1. The maximum absolute atomic E-state index is 13.1. The largest absolute Gasteiger partial charge is 0.353 e. The number of aromatic amines is 2. The van der Waals surface area contributed by atoms with Crippen LogP contribution in [0.25, 0.3) is 11.1 Å². The van der Waals surface area contributed by atoms with Crippen LogP contribution in [0.3, 0.4) is 0 Å². The fourth-order valence-corrected chi connectivity index (χ4v) is 3.50. The number of piperazine rings is 1. The van der Waals surface area contributed by atoms with Gasteiger partial charge in [0.2, 0.25) is 5.91 Å². The van der Waals surface area contributed by atoms with E-state index in [9.17, 15) is 19.2 Å². The van der Waals surface area contributed by atoms with E-state index in [1.165, 1.54) is 0 Å². The molecular formula is C19H22N4O4. The van der Waals surface area contributed by atoms with Crippen molar-refractivity contribution in [1.82, 2.24) is 20.2 Å². The van der Waals surface area contributed by atoms with E-state index in [4.69, 9.17) is 0 Å². The van der Waals surface area contributed by atoms with E-state index in [1.807, 2.05) is 13.8 Å². The van der Waals surface area contributed by atoms with Crippen molar-refractivity contribution in [2.45, 2.75) is 26.8 Å². The zero-order valence-electron chi connectivity index (χ0n) is 15.5. The Kier molecular flexibility index (Phi) is 4.98. The van der Waals surface area contributed by atoms with Crippen molar-refractivity contribution in [2.24, 2.45) is 5.92 Å². The Morgan fingerprint density at radius 2 is 1.93 bits per heavy atom. The molecule has 142 valence electrons. The number of hydrogen-bond acceptors (Lipinski definition) is 4. The standard InChI is InChI=1S/C19H22N4O4/c1-10(2)15-17(25)20-7-8-23(15)18(26)13-6-4-5-12(9-13)14-11(3)21-19(27)22-16(14)24/h4-6,9-10,15H,7-8H2,1-3H3,(H,20,25)(H2,21,22,24,27). The third-order valence-electron chi connectivity index (χ3n) is 4.68. The van der Waals surface area contributed by atoms with Crippen molar-refractivity contribution in [3.63, 3.8) is 0 Å². The second kappa shape index (κ2) is 7.22. The van der Waals surface area contributed by atoms with Crippen LogP contribution in [0, 0.1) is 12.8 Å². The molecular weight excluding hydrogens is 348 g/mol. The van der Waals surface area contributed by atoms with E-state index >= 15 is 0 Å². The van der Waals surface area contributed by atoms with Crippen LogP contribution in [0.2, 0.25) is 0 Å². The predicted octanol–water partition coefficient (Wildman–Crippen LogP) is 0.635. The summed E-state index contributed by atoms with van der Waals surface area (Å²) in [6, 6.07) is 6.12. The van der Waals surface area contributed by atoms with Gasteiger partial charge in [0.15, 0.2) is 0 Å². The lowest BCUT2D eigenvalue weighted by Crippen LogP contribution is -2.59. The minimum absolute atomic E-state index is 0.0262. The average molecular weight is 370 g/mol. The van der Waals surface area contributed by atoms with Gasteiger partial charge in [0.05, 0.1) is 5.56 Å². The van der Waals surface area contributed by atoms with Gasteiger partial charge in [-0.15, -0.1) is 0 Å². The van der Waals surface area contributed by atoms with Gasteiger partial charge < -0.3 is 15.2 Å². The third-order valence-corrected chi connectivity index (χ3v) is 4.68. The lowest BCUT2D eigenvalue weighted by Gasteiger charge is -2.37. The van der Waals surface area contributed by atoms with Gasteiger partial charge in [-0.1, -0.05) is 26.0 Å². The highest BCUT2D eigenvalue weighted by atomic mass is 16.2. The van der Waals surface area contributed by atoms with E-state index in [1.54, 1.807) is 36.1 Å². The number of rotatable bonds is 3. The molecule has 1 fully saturated rings. The Hall–Kier alpha value is -3.16. The second-order valence-corrected chi connectivity index (χ2v) is 6.97. The first-order valence-electron chi connectivity index (χ1n) is 8.82. The summed E-state index contributed by atoms with van der Waals surface area (Å²) >= 11 is 0. The molecule has 1 saturated heterocycles. The molecule has 1 unspecified atom stereocenters. The van der Waals surface area contributed by atoms with Gasteiger partial charge in [0, 0.05) is 24.3 Å². The van der Waals surface area contributed by atoms with E-state index in [0.29, 0.717) is 35.5 Å². The number of benzene rings is 1. The SMILES string of the molecule is Cc1[nH]c(=O)[nH]c(=O)c1-c1cccc(C(=O)N2CCNC(=O)C2C(C)C)c1. The number of carbonyl (C=O) groups is 2. The zero-order chi connectivity index (χ0) is 19.7. The maximum Gasteiger partial charge on any atom is 0.325 e. The molecule has 0 spiro atoms. The highest BCUT2D eigenvalue weighted by molar-refractivity contribution is 5.99. The van der Waals surface area contributed by atoms with Crippen molar-refractivity contribution < 1.29 is 9.59 Å². The summed E-state index contributed by atoms with van der Waals surface area (Å²) < 4.78 is 0. The summed E-state index contributed by atoms with van der Waals surface area (Å²) in [5, 5.41) is 2.80. The van der Waals surface area contributed by atoms with E-state index in [-0.39, 0.29) is 17.7 Å². The highest BCUT2D eigenvalue weighted by Gasteiger charge is 2.35. The molecule has 1 atom stereocenters. The predicted molar refractivity (Wildman–Crippen MR) is 101 cm³/mol. The minimum atomic E-state index is -0.576. The van der Waals surface area contributed by atoms with Crippen molar-refractivity contribution in [1.29, 1.82) is 0 Å². The molecule has 2 amide bonds. The fourth-order valence-electron chi connectivity index (χ4n) is 3.50. The number of nitrogens with zero attached hydrogens (tertiary/aromatic N) is 1. The zero-order valence-corrected chi connectivity index (χ0v) is 15.5. The number of carbonyl (C=O) groups excluding carboxylic acids is 2. The summed E-state index contributed by atoms with van der Waals surface area (Å²) in [5.74, 6) is -0.445. The first-order valence-corrected chi connectivity index (χ1v) is 8.82. The molecule has 2 heterocycles. The summed E-state index contributed by atoms with van der Waals surface area (Å²) in [6.45, 7) is 6.26. The van der Waals surface area contributed by atoms with Crippen molar-refractivity contribution in [2.75, 3.05) is 13.1 Å². The van der Waals surface area contributed by atoms with Crippen LogP contribution >= 0.6 is 0 Å². The van der Waals surface area contributed by atoms with Gasteiger partial charge in [-0.3, -0.25) is 19.4 Å². The van der Waals surface area contributed by atoms with Gasteiger partial charge in [0.25, 0.3) is 11.5 Å². The Morgan fingerprint density at radius 3 is 2.59 bits per heavy atom. The number of nitrogens with one attached hydrogen (secondary N) is 3. The molecule has 1 aliphatic heterocycles. The lowest BCUT2D eigenvalue weighted by molar-refractivity contribution is -0.129. The van der Waals surface area contributed by atoms with Gasteiger partial charge in [-0.05, 0) is 30.5 Å². The van der Waals surface area contributed by atoms with E-state index in [2.05, 4.69) is 15.3 Å². The summed E-state index contributed by atoms with van der Waals surface area (Å²) in [7, 11) is 0. The molecule has 0 bridgehead atoms. The van der Waals surface area contributed by atoms with Gasteiger partial charge >= 0.3 is 5.69 Å². The smallest absolute Gasteiger partial charge is 0.325 e. The van der Waals surface area contributed by atoms with Crippen LogP contribution in [-0.2, 0) is 4.79 Å². The molecule has 27 heavy (non-hydrogen) atoms. The molecule has 8 nitrogen and oxygen atoms in total. The number of amides is 2. The Bertz CT molecular complexity index is 1010. The first-order chi connectivity index (χ1) is 12.8. The molecule has 1 aromatic carbocycles. The second-order valence-electron chi connectivity index (χ2n) is 6.97.